The number of thiazole rings is 1. The number of rotatable bonds is 16. The Hall–Kier alpha value is -4.77. The fourth-order valence-electron chi connectivity index (χ4n) is 12.5. The molecule has 1 aliphatic heterocycles. The van der Waals surface area contributed by atoms with Crippen molar-refractivity contribution in [2.45, 2.75) is 103 Å². The summed E-state index contributed by atoms with van der Waals surface area (Å²) in [5.41, 5.74) is 5.49. The summed E-state index contributed by atoms with van der Waals surface area (Å²) in [6.07, 6.45) is 7.00. The first-order valence-corrected chi connectivity index (χ1v) is 22.6. The van der Waals surface area contributed by atoms with E-state index in [1.54, 1.807) is 6.20 Å². The van der Waals surface area contributed by atoms with Crippen LogP contribution in [0.4, 0.5) is 10.9 Å². The number of anilines is 2. The summed E-state index contributed by atoms with van der Waals surface area (Å²) in [5.74, 6) is -0.808. The van der Waals surface area contributed by atoms with Gasteiger partial charge in [0.05, 0.1) is 41.3 Å². The summed E-state index contributed by atoms with van der Waals surface area (Å²) in [6, 6.07) is 17.3. The van der Waals surface area contributed by atoms with E-state index < -0.39 is 24.8 Å². The molecule has 4 aliphatic carbocycles. The first kappa shape index (κ1) is 42.5. The molecule has 4 heterocycles. The Kier molecular flexibility index (Phi) is 11.3. The maximum absolute atomic E-state index is 13.7. The molecule has 6 N–H and O–H groups in total. The van der Waals surface area contributed by atoms with Gasteiger partial charge in [0.2, 0.25) is 0 Å². The van der Waals surface area contributed by atoms with Gasteiger partial charge in [-0.05, 0) is 123 Å². The van der Waals surface area contributed by atoms with Crippen molar-refractivity contribution in [3.63, 3.8) is 0 Å². The number of carbonyl (C=O) groups excluding carboxylic acids is 1. The molecule has 5 aromatic rings. The molecule has 4 fully saturated rings. The van der Waals surface area contributed by atoms with E-state index in [4.69, 9.17) is 19.9 Å². The molecule has 328 valence electrons. The molecule has 4 bridgehead atoms. The number of benzene rings is 2. The quantitative estimate of drug-likeness (QED) is 0.0616. The highest BCUT2D eigenvalue weighted by molar-refractivity contribution is 7.22. The highest BCUT2D eigenvalue weighted by atomic mass is 32.1. The Balaban J connectivity index is 0.903. The van der Waals surface area contributed by atoms with Crippen molar-refractivity contribution >= 4 is 44.4 Å². The molecule has 1 amide bonds. The maximum Gasteiger partial charge on any atom is 0.355 e. The first-order chi connectivity index (χ1) is 29.7. The van der Waals surface area contributed by atoms with Crippen molar-refractivity contribution < 1.29 is 34.8 Å². The number of aliphatic hydroxyl groups is 3. The molecule has 3 aromatic heterocycles. The van der Waals surface area contributed by atoms with E-state index in [2.05, 4.69) is 34.1 Å². The average molecular weight is 864 g/mol. The molecule has 0 saturated heterocycles. The van der Waals surface area contributed by atoms with Gasteiger partial charge in [-0.25, -0.2) is 14.8 Å². The molecule has 0 radical (unpaired) electrons. The lowest BCUT2D eigenvalue weighted by molar-refractivity contribution is -0.247. The van der Waals surface area contributed by atoms with E-state index >= 15 is 0 Å². The third-order valence-electron chi connectivity index (χ3n) is 13.9. The summed E-state index contributed by atoms with van der Waals surface area (Å²) >= 11 is 1.43. The second-order valence-electron chi connectivity index (χ2n) is 19.3. The van der Waals surface area contributed by atoms with Gasteiger partial charge in [0.15, 0.2) is 10.8 Å². The minimum atomic E-state index is -1.14. The van der Waals surface area contributed by atoms with Gasteiger partial charge < -0.3 is 35.4 Å². The highest BCUT2D eigenvalue weighted by Crippen LogP contribution is 2.72. The lowest BCUT2D eigenvalue weighted by atomic mass is 9.39. The summed E-state index contributed by atoms with van der Waals surface area (Å²) in [5, 5.41) is 51.1. The van der Waals surface area contributed by atoms with Crippen molar-refractivity contribution in [2.24, 2.45) is 16.2 Å². The Morgan fingerprint density at radius 2 is 1.71 bits per heavy atom. The fourth-order valence-corrected chi connectivity index (χ4v) is 13.3. The summed E-state index contributed by atoms with van der Waals surface area (Å²) in [4.78, 5) is 38.0. The number of hydrogen-bond acceptors (Lipinski definition) is 12. The van der Waals surface area contributed by atoms with E-state index in [0.29, 0.717) is 74.2 Å². The van der Waals surface area contributed by atoms with Crippen molar-refractivity contribution in [3.8, 4) is 11.1 Å². The Labute approximate surface area is 365 Å². The molecule has 4 saturated carbocycles. The van der Waals surface area contributed by atoms with Crippen molar-refractivity contribution in [2.75, 3.05) is 43.1 Å². The van der Waals surface area contributed by atoms with Crippen LogP contribution in [0.3, 0.4) is 0 Å². The van der Waals surface area contributed by atoms with E-state index in [1.165, 1.54) is 17.8 Å². The van der Waals surface area contributed by atoms with Crippen LogP contribution >= 0.6 is 11.3 Å². The van der Waals surface area contributed by atoms with Crippen molar-refractivity contribution in [3.05, 3.63) is 88.9 Å². The Bertz CT molecular complexity index is 2450. The normalized spacial score (nSPS) is 26.1. The largest absolute Gasteiger partial charge is 0.476 e. The van der Waals surface area contributed by atoms with Gasteiger partial charge >= 0.3 is 5.97 Å². The molecule has 62 heavy (non-hydrogen) atoms. The Morgan fingerprint density at radius 1 is 0.919 bits per heavy atom. The zero-order valence-electron chi connectivity index (χ0n) is 35.7. The van der Waals surface area contributed by atoms with Gasteiger partial charge in [-0.3, -0.25) is 14.8 Å². The number of pyridine rings is 1. The molecule has 0 spiro atoms. The molecule has 10 rings (SSSR count). The average Bonchev–Trinajstić information content (AvgIpc) is 3.80. The third kappa shape index (κ3) is 8.26. The van der Waals surface area contributed by atoms with Crippen LogP contribution in [0.5, 0.6) is 0 Å². The zero-order chi connectivity index (χ0) is 43.4. The number of carbonyl (C=O) groups is 2. The molecule has 15 heteroatoms. The first-order valence-electron chi connectivity index (χ1n) is 21.8. The van der Waals surface area contributed by atoms with Crippen LogP contribution in [0.25, 0.3) is 21.3 Å². The van der Waals surface area contributed by atoms with Crippen LogP contribution in [0, 0.1) is 23.2 Å². The van der Waals surface area contributed by atoms with Crippen molar-refractivity contribution in [1.29, 1.82) is 0 Å². The van der Waals surface area contributed by atoms with E-state index in [0.717, 1.165) is 64.7 Å². The molecule has 2 aromatic carbocycles. The fraction of sp³-hybridized carbons (Fsp3) is 0.511. The van der Waals surface area contributed by atoms with Crippen LogP contribution in [0.2, 0.25) is 0 Å². The number of nitrogens with zero attached hydrogens (tertiary/aromatic N) is 5. The maximum atomic E-state index is 13.7. The smallest absolute Gasteiger partial charge is 0.355 e. The van der Waals surface area contributed by atoms with Crippen LogP contribution in [-0.4, -0.2) is 103 Å². The third-order valence-corrected chi connectivity index (χ3v) is 14.9. The molecular formula is C47H57N7O7S. The minimum absolute atomic E-state index is 0.0310. The second-order valence-corrected chi connectivity index (χ2v) is 20.3. The topological polar surface area (TPSA) is 195 Å². The molecule has 14 nitrogen and oxygen atoms in total. The van der Waals surface area contributed by atoms with Crippen molar-refractivity contribution in [1.82, 2.24) is 25.1 Å². The molecule has 4 unspecified atom stereocenters. The van der Waals surface area contributed by atoms with Gasteiger partial charge in [-0.15, -0.1) is 0 Å². The number of hydrogen-bond donors (Lipinski definition) is 6. The monoisotopic (exact) mass is 863 g/mol. The highest BCUT2D eigenvalue weighted by Gasteiger charge is 2.66. The number of fused-ring (bicyclic) bond motifs is 2. The van der Waals surface area contributed by atoms with Gasteiger partial charge in [-0.2, -0.15) is 5.10 Å². The Morgan fingerprint density at radius 3 is 2.47 bits per heavy atom. The number of aliphatic hydroxyl groups excluding tert-OH is 3. The number of amides is 1. The number of aromatic nitrogens is 4. The van der Waals surface area contributed by atoms with Crippen LogP contribution in [-0.2, 0) is 24.2 Å². The number of aromatic carboxylic acids is 1. The van der Waals surface area contributed by atoms with E-state index in [-0.39, 0.29) is 33.4 Å². The zero-order valence-corrected chi connectivity index (χ0v) is 36.5. The molecule has 4 atom stereocenters. The van der Waals surface area contributed by atoms with E-state index in [9.17, 15) is 24.9 Å². The standard InChI is InChI=1S/C47H57N7O7S/c1-29-33(19-49-54(29)28-46-23-44(2)22-45(3,24-46)26-47(25-44,27-46)61-18-16-48-15-13-36(56)37(57)21-55)31-11-12-39(51-40(31)42(59)60)53-17-14-30-7-6-8-32(34(30)20-53)41(58)52-43-50-35-9-4-5-10-38(35)62-43/h4-12,19,36-37,48,55-57H,13-18,20-28H2,1-3H3,(H,59,60)(H,50,52,58). The van der Waals surface area contributed by atoms with Gasteiger partial charge in [-0.1, -0.05) is 49.4 Å². The second kappa shape index (κ2) is 16.4. The van der Waals surface area contributed by atoms with Crippen LogP contribution in [0.1, 0.15) is 96.5 Å². The minimum Gasteiger partial charge on any atom is -0.476 e. The molecular weight excluding hydrogens is 807 g/mol. The number of nitrogens with one attached hydrogen (secondary N) is 2. The molecule has 5 aliphatic rings. The number of carboxylic acids is 1. The summed E-state index contributed by atoms with van der Waals surface area (Å²) in [7, 11) is 0. The SMILES string of the molecule is Cc1c(-c2ccc(N3CCc4cccc(C(=O)Nc5nc6ccccc6s5)c4C3)nc2C(=O)O)cnn1CC12CC3(C)CC(C)(C1)CC(OCCNCCC(O)C(O)CO)(C3)C2. The summed E-state index contributed by atoms with van der Waals surface area (Å²) < 4.78 is 9.91. The van der Waals surface area contributed by atoms with Gasteiger partial charge in [0, 0.05) is 48.6 Å². The van der Waals surface area contributed by atoms with Crippen LogP contribution in [0.15, 0.2) is 60.8 Å². The lowest BCUT2D eigenvalue weighted by Crippen LogP contribution is -2.64. The number of para-hydroxylation sites is 1. The number of ether oxygens (including phenoxy) is 1. The van der Waals surface area contributed by atoms with E-state index in [1.807, 2.05) is 66.4 Å². The van der Waals surface area contributed by atoms with Gasteiger partial charge in [0.25, 0.3) is 5.91 Å². The van der Waals surface area contributed by atoms with Crippen LogP contribution < -0.4 is 15.5 Å². The predicted octanol–water partition coefficient (Wildman–Crippen LogP) is 6.21. The summed E-state index contributed by atoms with van der Waals surface area (Å²) in [6.45, 7) is 9.80. The number of carboxylic acid groups (broad SMARTS) is 1. The lowest BCUT2D eigenvalue weighted by Gasteiger charge is -2.69. The predicted molar refractivity (Wildman–Crippen MR) is 238 cm³/mol. The van der Waals surface area contributed by atoms with Gasteiger partial charge in [0.1, 0.15) is 11.9 Å².